The molecule has 0 fully saturated rings. The quantitative estimate of drug-likeness (QED) is 0.396. The summed E-state index contributed by atoms with van der Waals surface area (Å²) in [5, 5.41) is 0. The second-order valence-electron chi connectivity index (χ2n) is 3.48. The van der Waals surface area contributed by atoms with E-state index in [1.165, 1.54) is 12.3 Å². The van der Waals surface area contributed by atoms with Crippen LogP contribution in [0.25, 0.3) is 5.43 Å². The predicted octanol–water partition coefficient (Wildman–Crippen LogP) is 2.08. The SMILES string of the molecule is O=C1C=CC=CC1=CN[N-]C(=[OH+])c1ccncc1.[Cl][Cu+]. The Hall–Kier alpha value is -1.88. The summed E-state index contributed by atoms with van der Waals surface area (Å²) >= 11 is 3.66. The molecule has 2 N–H and O–H groups in total. The molecule has 0 bridgehead atoms. The fraction of sp³-hybridized carbons (Fsp3) is 0. The predicted molar refractivity (Wildman–Crippen MR) is 74.0 cm³/mol. The Bertz CT molecular complexity index is 556. The number of nitrogens with one attached hydrogen (secondary N) is 1. The van der Waals surface area contributed by atoms with E-state index in [9.17, 15) is 9.59 Å². The van der Waals surface area contributed by atoms with Crippen molar-refractivity contribution in [3.63, 3.8) is 0 Å². The van der Waals surface area contributed by atoms with Crippen LogP contribution in [-0.4, -0.2) is 21.5 Å². The van der Waals surface area contributed by atoms with Crippen LogP contribution >= 0.6 is 10.1 Å². The Morgan fingerprint density at radius 1 is 1.30 bits per heavy atom. The molecule has 0 aromatic carbocycles. The van der Waals surface area contributed by atoms with Crippen molar-refractivity contribution in [3.8, 4) is 0 Å². The van der Waals surface area contributed by atoms with Gasteiger partial charge in [0.1, 0.15) is 0 Å². The molecular weight excluding hydrogens is 329 g/mol. The molecule has 0 saturated carbocycles. The minimum absolute atomic E-state index is 0.108. The van der Waals surface area contributed by atoms with E-state index in [0.717, 1.165) is 0 Å². The van der Waals surface area contributed by atoms with E-state index in [4.69, 9.17) is 0 Å². The Kier molecular flexibility index (Phi) is 7.35. The number of carbonyl (C=O) groups is 1. The Morgan fingerprint density at radius 3 is 2.60 bits per heavy atom. The summed E-state index contributed by atoms with van der Waals surface area (Å²) in [6, 6.07) is 3.25. The number of halogens is 1. The normalized spacial score (nSPS) is 14.6. The average Bonchev–Trinajstić information content (AvgIpc) is 2.52. The topological polar surface area (TPSA) is 77.5 Å². The van der Waals surface area contributed by atoms with E-state index in [-0.39, 0.29) is 11.7 Å². The number of ketones is 1. The van der Waals surface area contributed by atoms with E-state index >= 15 is 0 Å². The van der Waals surface area contributed by atoms with Gasteiger partial charge in [-0.05, 0) is 30.5 Å². The fourth-order valence-corrected chi connectivity index (χ4v) is 1.33. The summed E-state index contributed by atoms with van der Waals surface area (Å²) in [6.45, 7) is 0. The van der Waals surface area contributed by atoms with E-state index in [0.29, 0.717) is 11.1 Å². The van der Waals surface area contributed by atoms with Crippen molar-refractivity contribution in [2.75, 3.05) is 0 Å². The zero-order valence-corrected chi connectivity index (χ0v) is 11.8. The molecule has 0 aliphatic heterocycles. The molecule has 0 spiro atoms. The maximum absolute atomic E-state index is 11.4. The second kappa shape index (κ2) is 9.09. The molecule has 5 nitrogen and oxygen atoms in total. The number of nitrogens with zero attached hydrogens (tertiary/aromatic N) is 2. The molecule has 1 aliphatic carbocycles. The fourth-order valence-electron chi connectivity index (χ4n) is 1.33. The molecule has 0 radical (unpaired) electrons. The van der Waals surface area contributed by atoms with E-state index in [1.54, 1.807) is 42.8 Å². The van der Waals surface area contributed by atoms with Crippen LogP contribution in [-0.2, 0) is 19.9 Å². The van der Waals surface area contributed by atoms with Gasteiger partial charge in [-0.25, -0.2) is 0 Å². The molecule has 1 heterocycles. The molecule has 7 heteroatoms. The van der Waals surface area contributed by atoms with Crippen LogP contribution in [0.5, 0.6) is 0 Å². The Labute approximate surface area is 128 Å². The average molecular weight is 340 g/mol. The molecule has 1 aliphatic rings. The van der Waals surface area contributed by atoms with Crippen molar-refractivity contribution < 1.29 is 24.7 Å². The Morgan fingerprint density at radius 2 is 1.95 bits per heavy atom. The van der Waals surface area contributed by atoms with Crippen molar-refractivity contribution in [1.29, 1.82) is 0 Å². The zero-order valence-electron chi connectivity index (χ0n) is 10.1. The van der Waals surface area contributed by atoms with Gasteiger partial charge < -0.3 is 10.9 Å². The van der Waals surface area contributed by atoms with E-state index in [2.05, 4.69) is 41.0 Å². The van der Waals surface area contributed by atoms with Gasteiger partial charge in [-0.1, -0.05) is 12.2 Å². The third kappa shape index (κ3) is 5.01. The van der Waals surface area contributed by atoms with E-state index < -0.39 is 0 Å². The summed E-state index contributed by atoms with van der Waals surface area (Å²) in [5.74, 6) is -0.277. The third-order valence-electron chi connectivity index (χ3n) is 2.25. The van der Waals surface area contributed by atoms with Gasteiger partial charge in [0.2, 0.25) is 0 Å². The number of rotatable bonds is 3. The molecule has 0 unspecified atom stereocenters. The van der Waals surface area contributed by atoms with Crippen LogP contribution in [0.15, 0.2) is 60.6 Å². The summed E-state index contributed by atoms with van der Waals surface area (Å²) in [6.07, 6.45) is 11.1. The molecule has 1 aromatic rings. The summed E-state index contributed by atoms with van der Waals surface area (Å²) < 4.78 is 0. The van der Waals surface area contributed by atoms with Crippen molar-refractivity contribution in [1.82, 2.24) is 10.4 Å². The van der Waals surface area contributed by atoms with Crippen LogP contribution in [0.4, 0.5) is 0 Å². The molecule has 0 atom stereocenters. The number of hydrogen-bond donors (Lipinski definition) is 1. The second-order valence-corrected chi connectivity index (χ2v) is 3.48. The molecule has 20 heavy (non-hydrogen) atoms. The number of carbonyl (C=O) groups excluding carboxylic acids is 2. The summed E-state index contributed by atoms with van der Waals surface area (Å²) in [7, 11) is 4.20. The number of aromatic nitrogens is 1. The van der Waals surface area contributed by atoms with Crippen LogP contribution in [0, 0.1) is 0 Å². The number of pyridine rings is 1. The van der Waals surface area contributed by atoms with Gasteiger partial charge in [0.25, 0.3) is 5.91 Å². The van der Waals surface area contributed by atoms with Crippen LogP contribution in [0.2, 0.25) is 0 Å². The van der Waals surface area contributed by atoms with Gasteiger partial charge in [-0.3, -0.25) is 14.6 Å². The zero-order chi connectivity index (χ0) is 14.8. The molecular formula is C13H11ClCuN3O2+. The number of allylic oxidation sites excluding steroid dienone is 5. The van der Waals surface area contributed by atoms with Gasteiger partial charge >= 0.3 is 25.2 Å². The molecule has 1 amide bonds. The van der Waals surface area contributed by atoms with Crippen LogP contribution in [0.3, 0.4) is 0 Å². The van der Waals surface area contributed by atoms with Crippen LogP contribution < -0.4 is 5.43 Å². The first-order valence-electron chi connectivity index (χ1n) is 5.40. The van der Waals surface area contributed by atoms with Crippen molar-refractivity contribution >= 4 is 21.8 Å². The molecule has 2 rings (SSSR count). The molecule has 1 aromatic heterocycles. The van der Waals surface area contributed by atoms with Crippen molar-refractivity contribution in [2.45, 2.75) is 0 Å². The van der Waals surface area contributed by atoms with Gasteiger partial charge in [0.05, 0.1) is 5.56 Å². The third-order valence-corrected chi connectivity index (χ3v) is 2.25. The first kappa shape index (κ1) is 16.2. The van der Waals surface area contributed by atoms with Gasteiger partial charge in [0, 0.05) is 18.0 Å². The van der Waals surface area contributed by atoms with Crippen LogP contribution in [0.1, 0.15) is 5.56 Å². The van der Waals surface area contributed by atoms with Gasteiger partial charge in [-0.15, -0.1) is 0 Å². The maximum atomic E-state index is 11.4. The monoisotopic (exact) mass is 339 g/mol. The minimum atomic E-state index is -0.169. The van der Waals surface area contributed by atoms with Gasteiger partial charge in [-0.2, -0.15) is 0 Å². The number of amides is 1. The molecule has 0 saturated heterocycles. The first-order valence-corrected chi connectivity index (χ1v) is 6.70. The Balaban J connectivity index is 0.000000956. The standard InChI is InChI=1S/C13H11N3O2.ClH.Cu/c17-12-4-2-1-3-11(12)9-15-16-13(18)10-5-7-14-8-6-10;;/h1-9H,(H2,14,15,16,17,18);1H;/q;;+2/p-1. The van der Waals surface area contributed by atoms with E-state index in [1.807, 2.05) is 0 Å². The first-order chi connectivity index (χ1) is 9.77. The van der Waals surface area contributed by atoms with Crippen molar-refractivity contribution in [3.05, 3.63) is 71.6 Å². The summed E-state index contributed by atoms with van der Waals surface area (Å²) in [5.41, 5.74) is 7.28. The molecule has 107 valence electrons. The van der Waals surface area contributed by atoms with Crippen molar-refractivity contribution in [2.24, 2.45) is 0 Å². The number of hydrogen-bond acceptors (Lipinski definition) is 3. The summed E-state index contributed by atoms with van der Waals surface area (Å²) in [4.78, 5) is 24.8. The van der Waals surface area contributed by atoms with Gasteiger partial charge in [0.15, 0.2) is 5.78 Å².